The molecule has 150 valence electrons. The molecule has 0 radical (unpaired) electrons. The van der Waals surface area contributed by atoms with Crippen LogP contribution in [0.2, 0.25) is 0 Å². The van der Waals surface area contributed by atoms with Crippen LogP contribution in [-0.2, 0) is 14.3 Å². The Balaban J connectivity index is 1.59. The van der Waals surface area contributed by atoms with Gasteiger partial charge in [-0.1, -0.05) is 18.2 Å². The summed E-state index contributed by atoms with van der Waals surface area (Å²) in [5.74, 6) is -0.0493. The van der Waals surface area contributed by atoms with Gasteiger partial charge in [-0.25, -0.2) is 4.79 Å². The van der Waals surface area contributed by atoms with Crippen molar-refractivity contribution in [3.8, 4) is 11.5 Å². The third kappa shape index (κ3) is 3.37. The number of nitrogens with zero attached hydrogens (tertiary/aromatic N) is 1. The molecule has 0 aromatic heterocycles. The number of nitrogens with one attached hydrogen (secondary N) is 1. The number of hydrogen-bond donors (Lipinski definition) is 1. The summed E-state index contributed by atoms with van der Waals surface area (Å²) in [4.78, 5) is 39.1. The first-order valence-corrected chi connectivity index (χ1v) is 9.17. The second kappa shape index (κ2) is 7.46. The molecule has 8 heteroatoms. The van der Waals surface area contributed by atoms with Gasteiger partial charge in [0.1, 0.15) is 17.5 Å². The van der Waals surface area contributed by atoms with E-state index in [4.69, 9.17) is 14.2 Å². The van der Waals surface area contributed by atoms with E-state index in [2.05, 4.69) is 5.32 Å². The maximum Gasteiger partial charge on any atom is 0.340 e. The molecule has 2 heterocycles. The number of carbonyl (C=O) groups is 3. The van der Waals surface area contributed by atoms with E-state index in [0.717, 1.165) is 0 Å². The van der Waals surface area contributed by atoms with Crippen molar-refractivity contribution in [2.45, 2.75) is 25.1 Å². The van der Waals surface area contributed by atoms with Crippen molar-refractivity contribution >= 4 is 23.5 Å². The average molecular weight is 396 g/mol. The Morgan fingerprint density at radius 3 is 2.48 bits per heavy atom. The maximum absolute atomic E-state index is 13.0. The number of likely N-dealkylation sites (tertiary alicyclic amines) is 1. The Hall–Kier alpha value is -3.55. The average Bonchev–Trinajstić information content (AvgIpc) is 3.27. The zero-order valence-corrected chi connectivity index (χ0v) is 16.0. The van der Waals surface area contributed by atoms with E-state index in [1.807, 2.05) is 0 Å². The first-order valence-electron chi connectivity index (χ1n) is 9.17. The molecule has 2 atom stereocenters. The van der Waals surface area contributed by atoms with E-state index in [1.165, 1.54) is 19.1 Å². The smallest absolute Gasteiger partial charge is 0.340 e. The molecule has 1 saturated heterocycles. The molecule has 2 amide bonds. The van der Waals surface area contributed by atoms with Crippen molar-refractivity contribution in [1.82, 2.24) is 4.90 Å². The van der Waals surface area contributed by atoms with Gasteiger partial charge in [-0.15, -0.1) is 0 Å². The third-order valence-corrected chi connectivity index (χ3v) is 5.10. The van der Waals surface area contributed by atoms with Gasteiger partial charge in [0.15, 0.2) is 0 Å². The summed E-state index contributed by atoms with van der Waals surface area (Å²) in [6.07, 6.45) is -0.359. The van der Waals surface area contributed by atoms with Gasteiger partial charge in [-0.2, -0.15) is 0 Å². The van der Waals surface area contributed by atoms with Gasteiger partial charge in [0.25, 0.3) is 0 Å². The third-order valence-electron chi connectivity index (χ3n) is 5.10. The zero-order valence-electron chi connectivity index (χ0n) is 16.0. The minimum atomic E-state index is -0.899. The highest BCUT2D eigenvalue weighted by molar-refractivity contribution is 6.00. The molecule has 2 aliphatic rings. The molecule has 0 spiro atoms. The van der Waals surface area contributed by atoms with Crippen molar-refractivity contribution in [2.24, 2.45) is 0 Å². The zero-order chi connectivity index (χ0) is 20.5. The number of ether oxygens (including phenoxy) is 3. The molecule has 29 heavy (non-hydrogen) atoms. The fourth-order valence-electron chi connectivity index (χ4n) is 3.69. The molecule has 0 aliphatic carbocycles. The lowest BCUT2D eigenvalue weighted by atomic mass is 10.1. The van der Waals surface area contributed by atoms with Crippen LogP contribution in [0.5, 0.6) is 11.5 Å². The van der Waals surface area contributed by atoms with Crippen molar-refractivity contribution in [3.63, 3.8) is 0 Å². The topological polar surface area (TPSA) is 94.2 Å². The Morgan fingerprint density at radius 2 is 1.79 bits per heavy atom. The Kier molecular flexibility index (Phi) is 4.84. The number of methoxy groups -OCH3 is 2. The molecule has 2 aliphatic heterocycles. The molecular weight excluding hydrogens is 376 g/mol. The highest BCUT2D eigenvalue weighted by atomic mass is 16.6. The lowest BCUT2D eigenvalue weighted by Crippen LogP contribution is -2.43. The van der Waals surface area contributed by atoms with Crippen LogP contribution in [0.1, 0.15) is 35.0 Å². The van der Waals surface area contributed by atoms with Crippen molar-refractivity contribution in [2.75, 3.05) is 19.5 Å². The van der Waals surface area contributed by atoms with E-state index >= 15 is 0 Å². The minimum Gasteiger partial charge on any atom is -0.497 e. The summed E-state index contributed by atoms with van der Waals surface area (Å²) < 4.78 is 15.9. The molecule has 1 N–H and O–H groups in total. The maximum atomic E-state index is 13.0. The monoisotopic (exact) mass is 396 g/mol. The van der Waals surface area contributed by atoms with Crippen LogP contribution in [0.3, 0.4) is 0 Å². The Labute approximate surface area is 167 Å². The van der Waals surface area contributed by atoms with E-state index in [0.29, 0.717) is 34.7 Å². The van der Waals surface area contributed by atoms with Gasteiger partial charge >= 0.3 is 5.97 Å². The van der Waals surface area contributed by atoms with Crippen LogP contribution >= 0.6 is 0 Å². The second-order valence-corrected chi connectivity index (χ2v) is 6.79. The highest BCUT2D eigenvalue weighted by Crippen LogP contribution is 2.38. The SMILES string of the molecule is COc1cc(NC(=O)[C@@H]2CCC(=O)N2[C@@H]2OC(=O)c3ccccc32)cc(OC)c1. The van der Waals surface area contributed by atoms with Gasteiger partial charge in [-0.3, -0.25) is 14.5 Å². The largest absolute Gasteiger partial charge is 0.497 e. The fraction of sp³-hybridized carbons (Fsp3) is 0.286. The first kappa shape index (κ1) is 18.8. The standard InChI is InChI=1S/C21H20N2O6/c1-27-13-9-12(10-14(11-13)28-2)22-19(25)17-7-8-18(24)23(17)20-15-5-3-4-6-16(15)21(26)29-20/h3-6,9-11,17,20H,7-8H2,1-2H3,(H,22,25)/t17-,20+/m0/s1. The molecule has 1 fully saturated rings. The second-order valence-electron chi connectivity index (χ2n) is 6.79. The number of anilines is 1. The predicted octanol–water partition coefficient (Wildman–Crippen LogP) is 2.50. The molecule has 0 bridgehead atoms. The number of hydrogen-bond acceptors (Lipinski definition) is 6. The lowest BCUT2D eigenvalue weighted by Gasteiger charge is -2.29. The van der Waals surface area contributed by atoms with Crippen molar-refractivity contribution in [3.05, 3.63) is 53.6 Å². The van der Waals surface area contributed by atoms with E-state index < -0.39 is 18.2 Å². The van der Waals surface area contributed by atoms with Gasteiger partial charge in [0.05, 0.1) is 19.8 Å². The van der Waals surface area contributed by atoms with Crippen molar-refractivity contribution < 1.29 is 28.6 Å². The van der Waals surface area contributed by atoms with Crippen LogP contribution in [0.25, 0.3) is 0 Å². The quantitative estimate of drug-likeness (QED) is 0.781. The Morgan fingerprint density at radius 1 is 1.10 bits per heavy atom. The highest BCUT2D eigenvalue weighted by Gasteiger charge is 2.46. The van der Waals surface area contributed by atoms with Crippen LogP contribution in [-0.4, -0.2) is 42.9 Å². The summed E-state index contributed by atoms with van der Waals surface area (Å²) in [6, 6.07) is 11.1. The van der Waals surface area contributed by atoms with E-state index in [1.54, 1.807) is 42.5 Å². The molecule has 0 saturated carbocycles. The van der Waals surface area contributed by atoms with Crippen LogP contribution < -0.4 is 14.8 Å². The number of cyclic esters (lactones) is 1. The minimum absolute atomic E-state index is 0.204. The predicted molar refractivity (Wildman–Crippen MR) is 103 cm³/mol. The number of amides is 2. The van der Waals surface area contributed by atoms with Gasteiger partial charge in [0.2, 0.25) is 18.0 Å². The number of fused-ring (bicyclic) bond motifs is 1. The number of rotatable bonds is 5. The van der Waals surface area contributed by atoms with Crippen LogP contribution in [0.4, 0.5) is 5.69 Å². The van der Waals surface area contributed by atoms with Gasteiger partial charge in [0, 0.05) is 35.9 Å². The summed E-state index contributed by atoms with van der Waals surface area (Å²) in [5.41, 5.74) is 1.48. The molecule has 8 nitrogen and oxygen atoms in total. The van der Waals surface area contributed by atoms with E-state index in [-0.39, 0.29) is 18.2 Å². The molecular formula is C21H20N2O6. The normalized spacial score (nSPS) is 20.3. The summed E-state index contributed by atoms with van der Waals surface area (Å²) in [6.45, 7) is 0. The summed E-state index contributed by atoms with van der Waals surface area (Å²) in [5, 5.41) is 2.81. The molecule has 2 aromatic carbocycles. The molecule has 4 rings (SSSR count). The Bertz CT molecular complexity index is 967. The number of benzene rings is 2. The summed E-state index contributed by atoms with van der Waals surface area (Å²) in [7, 11) is 3.03. The number of esters is 1. The van der Waals surface area contributed by atoms with Crippen LogP contribution in [0.15, 0.2) is 42.5 Å². The number of carbonyl (C=O) groups excluding carboxylic acids is 3. The summed E-state index contributed by atoms with van der Waals surface area (Å²) >= 11 is 0. The van der Waals surface area contributed by atoms with E-state index in [9.17, 15) is 14.4 Å². The first-order chi connectivity index (χ1) is 14.0. The van der Waals surface area contributed by atoms with Crippen LogP contribution in [0, 0.1) is 0 Å². The van der Waals surface area contributed by atoms with Gasteiger partial charge < -0.3 is 19.5 Å². The fourth-order valence-corrected chi connectivity index (χ4v) is 3.69. The molecule has 2 aromatic rings. The molecule has 0 unspecified atom stereocenters. The van der Waals surface area contributed by atoms with Crippen molar-refractivity contribution in [1.29, 1.82) is 0 Å². The van der Waals surface area contributed by atoms with Gasteiger partial charge in [-0.05, 0) is 12.5 Å². The lowest BCUT2D eigenvalue weighted by molar-refractivity contribution is -0.144.